The Labute approximate surface area is 129 Å². The third-order valence-electron chi connectivity index (χ3n) is 5.44. The fourth-order valence-corrected chi connectivity index (χ4v) is 3.93. The lowest BCUT2D eigenvalue weighted by Crippen LogP contribution is -2.46. The lowest BCUT2D eigenvalue weighted by atomic mass is 9.74. The summed E-state index contributed by atoms with van der Waals surface area (Å²) in [7, 11) is 0. The van der Waals surface area contributed by atoms with Gasteiger partial charge in [0, 0.05) is 6.54 Å². The fourth-order valence-electron chi connectivity index (χ4n) is 3.93. The molecule has 0 aromatic carbocycles. The van der Waals surface area contributed by atoms with Crippen molar-refractivity contribution in [2.24, 2.45) is 5.92 Å². The summed E-state index contributed by atoms with van der Waals surface area (Å²) in [6, 6.07) is 0. The van der Waals surface area contributed by atoms with Gasteiger partial charge in [-0.15, -0.1) is 6.58 Å². The van der Waals surface area contributed by atoms with Crippen LogP contribution in [0.25, 0.3) is 0 Å². The first-order valence-corrected chi connectivity index (χ1v) is 8.61. The van der Waals surface area contributed by atoms with Gasteiger partial charge < -0.3 is 4.74 Å². The summed E-state index contributed by atoms with van der Waals surface area (Å²) in [5, 5.41) is 3.22. The van der Waals surface area contributed by atoms with Gasteiger partial charge in [-0.1, -0.05) is 38.7 Å². The summed E-state index contributed by atoms with van der Waals surface area (Å²) in [5.74, 6) is 0.477. The molecule has 2 fully saturated rings. The molecule has 3 nitrogen and oxygen atoms in total. The van der Waals surface area contributed by atoms with Crippen LogP contribution in [0.5, 0.6) is 0 Å². The molecule has 1 unspecified atom stereocenters. The van der Waals surface area contributed by atoms with E-state index in [0.717, 1.165) is 25.0 Å². The molecule has 0 aromatic heterocycles. The topological polar surface area (TPSA) is 48.2 Å². The van der Waals surface area contributed by atoms with Gasteiger partial charge in [-0.3, -0.25) is 5.32 Å². The van der Waals surface area contributed by atoms with Crippen molar-refractivity contribution in [2.75, 3.05) is 6.54 Å². The first-order valence-electron chi connectivity index (χ1n) is 8.61. The number of hydrogen-bond donors (Lipinski definition) is 1. The second kappa shape index (κ2) is 6.51. The van der Waals surface area contributed by atoms with Crippen molar-refractivity contribution in [3.8, 4) is 0 Å². The summed E-state index contributed by atoms with van der Waals surface area (Å²) in [5.41, 5.74) is 0.299. The maximum atomic E-state index is 12.7. The molecule has 1 saturated heterocycles. The Morgan fingerprint density at radius 1 is 1.29 bits per heavy atom. The number of hydrogen-bond acceptors (Lipinski definition) is 3. The normalized spacial score (nSPS) is 26.4. The van der Waals surface area contributed by atoms with Crippen LogP contribution in [0.15, 0.2) is 12.2 Å². The van der Waals surface area contributed by atoms with E-state index in [4.69, 9.17) is 4.74 Å². The van der Waals surface area contributed by atoms with Crippen LogP contribution in [0.4, 0.5) is 0 Å². The van der Waals surface area contributed by atoms with Gasteiger partial charge in [-0.25, -0.2) is 4.79 Å². The van der Waals surface area contributed by atoms with E-state index in [1.165, 1.54) is 32.1 Å². The molecule has 1 atom stereocenters. The Balaban J connectivity index is 2.08. The molecule has 3 heteroatoms. The summed E-state index contributed by atoms with van der Waals surface area (Å²) in [4.78, 5) is 12.7. The average molecular weight is 293 g/mol. The van der Waals surface area contributed by atoms with Crippen LogP contribution in [0.3, 0.4) is 0 Å². The molecule has 1 aliphatic heterocycles. The van der Waals surface area contributed by atoms with Crippen LogP contribution >= 0.6 is 0 Å². The van der Waals surface area contributed by atoms with Gasteiger partial charge in [-0.2, -0.15) is 0 Å². The monoisotopic (exact) mass is 293 g/mol. The highest BCUT2D eigenvalue weighted by Gasteiger charge is 2.53. The van der Waals surface area contributed by atoms with E-state index in [0.29, 0.717) is 12.3 Å². The summed E-state index contributed by atoms with van der Waals surface area (Å²) in [6.45, 7) is 11.0. The lowest BCUT2D eigenvalue weighted by molar-refractivity contribution is -0.172. The number of esters is 1. The molecular formula is C18H31NO2. The third-order valence-corrected chi connectivity index (χ3v) is 5.44. The Morgan fingerprint density at radius 2 is 1.86 bits per heavy atom. The summed E-state index contributed by atoms with van der Waals surface area (Å²) >= 11 is 0. The zero-order valence-corrected chi connectivity index (χ0v) is 14.0. The van der Waals surface area contributed by atoms with Gasteiger partial charge in [0.1, 0.15) is 11.1 Å². The van der Waals surface area contributed by atoms with Gasteiger partial charge in [0.15, 0.2) is 0 Å². The van der Waals surface area contributed by atoms with E-state index in [9.17, 15) is 4.79 Å². The first kappa shape index (κ1) is 16.5. The van der Waals surface area contributed by atoms with Gasteiger partial charge >= 0.3 is 5.97 Å². The van der Waals surface area contributed by atoms with Crippen molar-refractivity contribution in [3.63, 3.8) is 0 Å². The smallest absolute Gasteiger partial charge is 0.328 e. The van der Waals surface area contributed by atoms with E-state index < -0.39 is 5.54 Å². The third kappa shape index (κ3) is 3.50. The average Bonchev–Trinajstić information content (AvgIpc) is 3.25. The fraction of sp³-hybridized carbons (Fsp3) is 0.833. The predicted molar refractivity (Wildman–Crippen MR) is 86.1 cm³/mol. The maximum Gasteiger partial charge on any atom is 0.328 e. The van der Waals surface area contributed by atoms with Crippen LogP contribution in [-0.2, 0) is 9.53 Å². The van der Waals surface area contributed by atoms with Crippen LogP contribution in [-0.4, -0.2) is 23.7 Å². The molecule has 0 bridgehead atoms. The molecule has 0 amide bonds. The van der Waals surface area contributed by atoms with E-state index in [1.54, 1.807) is 0 Å². The molecule has 1 heterocycles. The van der Waals surface area contributed by atoms with Gasteiger partial charge in [0.05, 0.1) is 0 Å². The zero-order chi connectivity index (χ0) is 15.5. The van der Waals surface area contributed by atoms with Gasteiger partial charge in [0.2, 0.25) is 0 Å². The summed E-state index contributed by atoms with van der Waals surface area (Å²) in [6.07, 6.45) is 8.82. The van der Waals surface area contributed by atoms with Crippen molar-refractivity contribution >= 4 is 5.97 Å². The van der Waals surface area contributed by atoms with Crippen molar-refractivity contribution in [3.05, 3.63) is 12.2 Å². The lowest BCUT2D eigenvalue weighted by Gasteiger charge is -2.41. The van der Waals surface area contributed by atoms with E-state index in [-0.39, 0.29) is 11.6 Å². The van der Waals surface area contributed by atoms with Gasteiger partial charge in [-0.05, 0) is 44.9 Å². The predicted octanol–water partition coefficient (Wildman–Crippen LogP) is 3.98. The first-order chi connectivity index (χ1) is 9.98. The molecule has 2 aliphatic rings. The Kier molecular flexibility index (Phi) is 5.13. The molecule has 0 aromatic rings. The minimum absolute atomic E-state index is 0.0558. The Bertz CT molecular complexity index is 388. The highest BCUT2D eigenvalue weighted by molar-refractivity contribution is 5.85. The minimum Gasteiger partial charge on any atom is -0.457 e. The zero-order valence-electron chi connectivity index (χ0n) is 14.0. The standard InChI is InChI=1S/C18H31NO2/c1-5-18(6-2,15-10-8-7-9-11-15)21-16(20)17(13-19-17)12-14(3)4/h15,19H,3,5-13H2,1-2,4H3. The SMILES string of the molecule is C=C(C)CC1(C(=O)OC(CC)(CC)C2CCCCC2)CN1. The number of rotatable bonds is 7. The highest BCUT2D eigenvalue weighted by atomic mass is 16.6. The van der Waals surface area contributed by atoms with Crippen molar-refractivity contribution in [1.82, 2.24) is 5.32 Å². The van der Waals surface area contributed by atoms with Crippen molar-refractivity contribution in [2.45, 2.75) is 83.3 Å². The quantitative estimate of drug-likeness (QED) is 0.439. The van der Waals surface area contributed by atoms with Crippen molar-refractivity contribution < 1.29 is 9.53 Å². The number of nitrogens with one attached hydrogen (secondary N) is 1. The minimum atomic E-state index is -0.476. The Morgan fingerprint density at radius 3 is 2.29 bits per heavy atom. The van der Waals surface area contributed by atoms with Crippen LogP contribution < -0.4 is 5.32 Å². The van der Waals surface area contributed by atoms with E-state index in [1.807, 2.05) is 6.92 Å². The van der Waals surface area contributed by atoms with Crippen LogP contribution in [0, 0.1) is 5.92 Å². The molecule has 1 saturated carbocycles. The molecule has 1 N–H and O–H groups in total. The second-order valence-electron chi connectivity index (χ2n) is 7.07. The number of carbonyl (C=O) groups excluding carboxylic acids is 1. The summed E-state index contributed by atoms with van der Waals surface area (Å²) < 4.78 is 6.16. The van der Waals surface area contributed by atoms with Crippen LogP contribution in [0.1, 0.15) is 72.1 Å². The second-order valence-corrected chi connectivity index (χ2v) is 7.07. The number of ether oxygens (including phenoxy) is 1. The Hall–Kier alpha value is -0.830. The molecule has 0 radical (unpaired) electrons. The molecule has 0 spiro atoms. The molecule has 2 rings (SSSR count). The van der Waals surface area contributed by atoms with Gasteiger partial charge in [0.25, 0.3) is 0 Å². The molecular weight excluding hydrogens is 262 g/mol. The molecule has 1 aliphatic carbocycles. The molecule has 120 valence electrons. The van der Waals surface area contributed by atoms with E-state index in [2.05, 4.69) is 25.7 Å². The maximum absolute atomic E-state index is 12.7. The largest absolute Gasteiger partial charge is 0.457 e. The number of carbonyl (C=O) groups is 1. The van der Waals surface area contributed by atoms with Crippen LogP contribution in [0.2, 0.25) is 0 Å². The highest BCUT2D eigenvalue weighted by Crippen LogP contribution is 2.41. The van der Waals surface area contributed by atoms with E-state index >= 15 is 0 Å². The molecule has 21 heavy (non-hydrogen) atoms. The van der Waals surface area contributed by atoms with Crippen molar-refractivity contribution in [1.29, 1.82) is 0 Å².